The molecule has 0 aliphatic carbocycles. The minimum atomic E-state index is -0.430. The zero-order chi connectivity index (χ0) is 11.8. The largest absolute Gasteiger partial charge is 0.459 e. The highest BCUT2D eigenvalue weighted by Crippen LogP contribution is 2.17. The highest BCUT2D eigenvalue weighted by atomic mass is 16.6. The van der Waals surface area contributed by atoms with Gasteiger partial charge >= 0.3 is 5.97 Å². The zero-order valence-electron chi connectivity index (χ0n) is 9.39. The van der Waals surface area contributed by atoms with Gasteiger partial charge < -0.3 is 9.47 Å². The Morgan fingerprint density at radius 2 is 2.12 bits per heavy atom. The number of hydrogen-bond donors (Lipinski definition) is 0. The van der Waals surface area contributed by atoms with Crippen LogP contribution in [0.3, 0.4) is 0 Å². The summed E-state index contributed by atoms with van der Waals surface area (Å²) in [6.07, 6.45) is 0.934. The normalized spacial score (nSPS) is 11.8. The highest BCUT2D eigenvalue weighted by molar-refractivity contribution is 5.81. The van der Waals surface area contributed by atoms with E-state index in [0.29, 0.717) is 6.61 Å². The molecule has 0 saturated carbocycles. The standard InChI is InChI=1S/C13H16O3/c1-3-13(14)16-10-12(15-4-2)11-8-6-5-7-9-11/h3,5-9,12H,1,4,10H2,2H3. The van der Waals surface area contributed by atoms with Crippen LogP contribution in [0.15, 0.2) is 43.0 Å². The van der Waals surface area contributed by atoms with Crippen molar-refractivity contribution in [1.29, 1.82) is 0 Å². The topological polar surface area (TPSA) is 35.5 Å². The zero-order valence-corrected chi connectivity index (χ0v) is 9.39. The summed E-state index contributed by atoms with van der Waals surface area (Å²) in [4.78, 5) is 11.0. The molecular weight excluding hydrogens is 204 g/mol. The molecule has 0 bridgehead atoms. The lowest BCUT2D eigenvalue weighted by Crippen LogP contribution is -2.14. The van der Waals surface area contributed by atoms with Crippen molar-refractivity contribution < 1.29 is 14.3 Å². The van der Waals surface area contributed by atoms with Gasteiger partial charge in [0, 0.05) is 12.7 Å². The summed E-state index contributed by atoms with van der Waals surface area (Å²) < 4.78 is 10.5. The molecule has 0 spiro atoms. The van der Waals surface area contributed by atoms with Crippen molar-refractivity contribution in [1.82, 2.24) is 0 Å². The lowest BCUT2D eigenvalue weighted by molar-refractivity contribution is -0.142. The number of ether oxygens (including phenoxy) is 2. The van der Waals surface area contributed by atoms with E-state index in [9.17, 15) is 4.79 Å². The first-order valence-electron chi connectivity index (χ1n) is 5.23. The van der Waals surface area contributed by atoms with E-state index < -0.39 is 5.97 Å². The van der Waals surface area contributed by atoms with Crippen molar-refractivity contribution in [2.75, 3.05) is 13.2 Å². The summed E-state index contributed by atoms with van der Waals surface area (Å²) in [6, 6.07) is 9.68. The van der Waals surface area contributed by atoms with Crippen LogP contribution in [0.5, 0.6) is 0 Å². The van der Waals surface area contributed by atoms with Gasteiger partial charge in [-0.1, -0.05) is 36.9 Å². The van der Waals surface area contributed by atoms with E-state index in [4.69, 9.17) is 9.47 Å². The second-order valence-corrected chi connectivity index (χ2v) is 3.19. The predicted molar refractivity (Wildman–Crippen MR) is 62.0 cm³/mol. The molecular formula is C13H16O3. The number of esters is 1. The maximum atomic E-state index is 11.0. The number of carbonyl (C=O) groups is 1. The highest BCUT2D eigenvalue weighted by Gasteiger charge is 2.12. The average molecular weight is 220 g/mol. The fourth-order valence-corrected chi connectivity index (χ4v) is 1.33. The van der Waals surface area contributed by atoms with Gasteiger partial charge in [0.2, 0.25) is 0 Å². The Bertz CT molecular complexity index is 332. The van der Waals surface area contributed by atoms with Crippen molar-refractivity contribution in [2.45, 2.75) is 13.0 Å². The van der Waals surface area contributed by atoms with Gasteiger partial charge in [-0.05, 0) is 12.5 Å². The van der Waals surface area contributed by atoms with Gasteiger partial charge in [0.05, 0.1) is 0 Å². The molecule has 0 fully saturated rings. The molecule has 86 valence electrons. The van der Waals surface area contributed by atoms with Gasteiger partial charge in [-0.3, -0.25) is 0 Å². The van der Waals surface area contributed by atoms with E-state index in [1.807, 2.05) is 37.3 Å². The molecule has 3 nitrogen and oxygen atoms in total. The van der Waals surface area contributed by atoms with Crippen molar-refractivity contribution >= 4 is 5.97 Å². The first-order chi connectivity index (χ1) is 7.77. The van der Waals surface area contributed by atoms with E-state index in [-0.39, 0.29) is 12.7 Å². The molecule has 1 aromatic carbocycles. The summed E-state index contributed by atoms with van der Waals surface area (Å²) in [7, 11) is 0. The molecule has 0 aliphatic heterocycles. The van der Waals surface area contributed by atoms with Crippen molar-refractivity contribution in [3.8, 4) is 0 Å². The Morgan fingerprint density at radius 3 is 2.69 bits per heavy atom. The number of benzene rings is 1. The Labute approximate surface area is 95.7 Å². The van der Waals surface area contributed by atoms with E-state index in [1.165, 1.54) is 0 Å². The molecule has 1 unspecified atom stereocenters. The van der Waals surface area contributed by atoms with Crippen LogP contribution >= 0.6 is 0 Å². The molecule has 3 heteroatoms. The summed E-state index contributed by atoms with van der Waals surface area (Å²) in [5, 5.41) is 0. The second kappa shape index (κ2) is 6.80. The third-order valence-corrected chi connectivity index (χ3v) is 2.08. The fraction of sp³-hybridized carbons (Fsp3) is 0.308. The molecule has 0 aromatic heterocycles. The maximum Gasteiger partial charge on any atom is 0.330 e. The summed E-state index contributed by atoms with van der Waals surface area (Å²) in [5.74, 6) is -0.430. The Kier molecular flexibility index (Phi) is 5.29. The van der Waals surface area contributed by atoms with Crippen molar-refractivity contribution in [3.05, 3.63) is 48.6 Å². The monoisotopic (exact) mass is 220 g/mol. The van der Waals surface area contributed by atoms with Crippen LogP contribution in [-0.4, -0.2) is 19.2 Å². The smallest absolute Gasteiger partial charge is 0.330 e. The van der Waals surface area contributed by atoms with Crippen LogP contribution in [0.4, 0.5) is 0 Å². The number of rotatable bonds is 6. The van der Waals surface area contributed by atoms with Crippen molar-refractivity contribution in [2.24, 2.45) is 0 Å². The van der Waals surface area contributed by atoms with Crippen LogP contribution < -0.4 is 0 Å². The van der Waals surface area contributed by atoms with Crippen LogP contribution in [-0.2, 0) is 14.3 Å². The molecule has 0 aliphatic rings. The van der Waals surface area contributed by atoms with Crippen LogP contribution in [0, 0.1) is 0 Å². The van der Waals surface area contributed by atoms with E-state index >= 15 is 0 Å². The minimum Gasteiger partial charge on any atom is -0.459 e. The van der Waals surface area contributed by atoms with E-state index in [2.05, 4.69) is 6.58 Å². The van der Waals surface area contributed by atoms with Gasteiger partial charge in [0.1, 0.15) is 12.7 Å². The Balaban J connectivity index is 2.61. The third kappa shape index (κ3) is 3.87. The number of carbonyl (C=O) groups excluding carboxylic acids is 1. The molecule has 1 atom stereocenters. The average Bonchev–Trinajstić information content (AvgIpc) is 2.35. The lowest BCUT2D eigenvalue weighted by atomic mass is 10.1. The fourth-order valence-electron chi connectivity index (χ4n) is 1.33. The summed E-state index contributed by atoms with van der Waals surface area (Å²) >= 11 is 0. The summed E-state index contributed by atoms with van der Waals surface area (Å²) in [5.41, 5.74) is 1.00. The Morgan fingerprint density at radius 1 is 1.44 bits per heavy atom. The first-order valence-corrected chi connectivity index (χ1v) is 5.23. The van der Waals surface area contributed by atoms with Gasteiger partial charge in [-0.25, -0.2) is 4.79 Å². The predicted octanol–water partition coefficient (Wildman–Crippen LogP) is 2.49. The van der Waals surface area contributed by atoms with Crippen LogP contribution in [0.25, 0.3) is 0 Å². The molecule has 0 amide bonds. The molecule has 0 radical (unpaired) electrons. The second-order valence-electron chi connectivity index (χ2n) is 3.19. The first kappa shape index (κ1) is 12.5. The molecule has 0 heterocycles. The van der Waals surface area contributed by atoms with Crippen molar-refractivity contribution in [3.63, 3.8) is 0 Å². The van der Waals surface area contributed by atoms with Crippen LogP contribution in [0.2, 0.25) is 0 Å². The quantitative estimate of drug-likeness (QED) is 0.546. The van der Waals surface area contributed by atoms with Gasteiger partial charge in [0.25, 0.3) is 0 Å². The van der Waals surface area contributed by atoms with Gasteiger partial charge in [-0.2, -0.15) is 0 Å². The lowest BCUT2D eigenvalue weighted by Gasteiger charge is -2.16. The third-order valence-electron chi connectivity index (χ3n) is 2.08. The van der Waals surface area contributed by atoms with Crippen LogP contribution in [0.1, 0.15) is 18.6 Å². The molecule has 16 heavy (non-hydrogen) atoms. The van der Waals surface area contributed by atoms with E-state index in [1.54, 1.807) is 0 Å². The van der Waals surface area contributed by atoms with Gasteiger partial charge in [-0.15, -0.1) is 0 Å². The summed E-state index contributed by atoms with van der Waals surface area (Å²) in [6.45, 7) is 6.04. The van der Waals surface area contributed by atoms with Gasteiger partial charge in [0.15, 0.2) is 0 Å². The molecule has 1 aromatic rings. The number of hydrogen-bond acceptors (Lipinski definition) is 3. The molecule has 0 N–H and O–H groups in total. The molecule has 1 rings (SSSR count). The minimum absolute atomic E-state index is 0.211. The van der Waals surface area contributed by atoms with E-state index in [0.717, 1.165) is 11.6 Å². The molecule has 0 saturated heterocycles. The maximum absolute atomic E-state index is 11.0. The SMILES string of the molecule is C=CC(=O)OCC(OCC)c1ccccc1. The Hall–Kier alpha value is -1.61.